The predicted octanol–water partition coefficient (Wildman–Crippen LogP) is 2.68. The van der Waals surface area contributed by atoms with Crippen LogP contribution in [-0.2, 0) is 11.2 Å². The number of hydrogen-bond acceptors (Lipinski definition) is 4. The van der Waals surface area contributed by atoms with Gasteiger partial charge in [0.25, 0.3) is 5.78 Å². The van der Waals surface area contributed by atoms with Gasteiger partial charge in [0.05, 0.1) is 0 Å². The molecule has 6 heteroatoms. The summed E-state index contributed by atoms with van der Waals surface area (Å²) in [5, 5.41) is 7.36. The molecule has 0 radical (unpaired) electrons. The smallest absolute Gasteiger partial charge is 0.252 e. The summed E-state index contributed by atoms with van der Waals surface area (Å²) in [5.74, 6) is 1.44. The molecule has 0 unspecified atom stereocenters. The van der Waals surface area contributed by atoms with Crippen LogP contribution in [0.4, 0.5) is 0 Å². The van der Waals surface area contributed by atoms with Gasteiger partial charge in [-0.2, -0.15) is 10.1 Å². The summed E-state index contributed by atoms with van der Waals surface area (Å²) in [5.41, 5.74) is 3.03. The van der Waals surface area contributed by atoms with Crippen LogP contribution < -0.4 is 5.32 Å². The van der Waals surface area contributed by atoms with E-state index >= 15 is 0 Å². The van der Waals surface area contributed by atoms with Crippen molar-refractivity contribution >= 4 is 11.7 Å². The quantitative estimate of drug-likeness (QED) is 0.760. The molecule has 0 spiro atoms. The highest BCUT2D eigenvalue weighted by Gasteiger charge is 2.13. The van der Waals surface area contributed by atoms with Crippen molar-refractivity contribution in [2.75, 3.05) is 6.54 Å². The zero-order valence-electron chi connectivity index (χ0n) is 14.6. The third kappa shape index (κ3) is 4.50. The molecule has 0 aromatic carbocycles. The van der Waals surface area contributed by atoms with E-state index in [4.69, 9.17) is 0 Å². The van der Waals surface area contributed by atoms with Crippen molar-refractivity contribution in [2.24, 2.45) is 0 Å². The van der Waals surface area contributed by atoms with Crippen LogP contribution in [0.3, 0.4) is 0 Å². The Balaban J connectivity index is 1.92. The van der Waals surface area contributed by atoms with Crippen LogP contribution in [0.2, 0.25) is 0 Å². The number of amides is 1. The second-order valence-electron chi connectivity index (χ2n) is 6.04. The predicted molar refractivity (Wildman–Crippen MR) is 90.5 cm³/mol. The van der Waals surface area contributed by atoms with E-state index in [1.165, 1.54) is 19.3 Å². The van der Waals surface area contributed by atoms with E-state index in [0.717, 1.165) is 29.9 Å². The first-order chi connectivity index (χ1) is 11.0. The van der Waals surface area contributed by atoms with Gasteiger partial charge in [-0.3, -0.25) is 4.79 Å². The number of aryl methyl sites for hydroxylation is 3. The zero-order valence-corrected chi connectivity index (χ0v) is 14.6. The van der Waals surface area contributed by atoms with Gasteiger partial charge in [-0.1, -0.05) is 26.2 Å². The minimum absolute atomic E-state index is 0.107. The number of fused-ring (bicyclic) bond motifs is 1. The van der Waals surface area contributed by atoms with Crippen molar-refractivity contribution in [2.45, 2.75) is 66.2 Å². The number of rotatable bonds is 8. The Hall–Kier alpha value is -1.98. The fourth-order valence-electron chi connectivity index (χ4n) is 2.78. The summed E-state index contributed by atoms with van der Waals surface area (Å²) in [6.07, 6.45) is 5.85. The lowest BCUT2D eigenvalue weighted by Gasteiger charge is -2.10. The average Bonchev–Trinajstić information content (AvgIpc) is 2.87. The monoisotopic (exact) mass is 317 g/mol. The van der Waals surface area contributed by atoms with Crippen LogP contribution in [0, 0.1) is 20.8 Å². The Morgan fingerprint density at radius 3 is 2.65 bits per heavy atom. The highest BCUT2D eigenvalue weighted by Crippen LogP contribution is 2.15. The third-order valence-electron chi connectivity index (χ3n) is 4.11. The standard InChI is InChI=1S/C17H27N5O/c1-5-6-7-8-11-18-16(23)10-9-15-12(2)19-17-20-14(4)21-22(17)13(15)3/h5-11H2,1-4H3,(H,18,23). The van der Waals surface area contributed by atoms with Gasteiger partial charge >= 0.3 is 0 Å². The summed E-state index contributed by atoms with van der Waals surface area (Å²) in [6.45, 7) is 8.79. The Morgan fingerprint density at radius 1 is 1.13 bits per heavy atom. The second kappa shape index (κ2) is 8.04. The fraction of sp³-hybridized carbons (Fsp3) is 0.647. The van der Waals surface area contributed by atoms with E-state index in [9.17, 15) is 4.79 Å². The topological polar surface area (TPSA) is 72.2 Å². The maximum absolute atomic E-state index is 12.0. The van der Waals surface area contributed by atoms with E-state index in [-0.39, 0.29) is 5.91 Å². The molecule has 0 saturated carbocycles. The summed E-state index contributed by atoms with van der Waals surface area (Å²) < 4.78 is 1.76. The van der Waals surface area contributed by atoms with E-state index < -0.39 is 0 Å². The lowest BCUT2D eigenvalue weighted by molar-refractivity contribution is -0.121. The molecule has 2 aromatic heterocycles. The fourth-order valence-corrected chi connectivity index (χ4v) is 2.78. The van der Waals surface area contributed by atoms with Gasteiger partial charge in [0, 0.05) is 24.4 Å². The molecule has 126 valence electrons. The van der Waals surface area contributed by atoms with Crippen LogP contribution in [0.15, 0.2) is 0 Å². The molecule has 0 fully saturated rings. The summed E-state index contributed by atoms with van der Waals surface area (Å²) >= 11 is 0. The summed E-state index contributed by atoms with van der Waals surface area (Å²) in [4.78, 5) is 20.8. The molecule has 0 bridgehead atoms. The van der Waals surface area contributed by atoms with E-state index in [2.05, 4.69) is 27.3 Å². The van der Waals surface area contributed by atoms with E-state index in [1.54, 1.807) is 4.52 Å². The lowest BCUT2D eigenvalue weighted by atomic mass is 10.1. The number of unbranched alkanes of at least 4 members (excludes halogenated alkanes) is 3. The third-order valence-corrected chi connectivity index (χ3v) is 4.11. The molecule has 1 amide bonds. The van der Waals surface area contributed by atoms with Gasteiger partial charge in [0.15, 0.2) is 0 Å². The largest absolute Gasteiger partial charge is 0.356 e. The SMILES string of the molecule is CCCCCCNC(=O)CCc1c(C)nc2nc(C)nn2c1C. The number of nitrogens with one attached hydrogen (secondary N) is 1. The molecule has 2 aromatic rings. The van der Waals surface area contributed by atoms with Crippen LogP contribution in [-0.4, -0.2) is 32.0 Å². The number of carbonyl (C=O) groups is 1. The van der Waals surface area contributed by atoms with Gasteiger partial charge < -0.3 is 5.32 Å². The molecule has 1 N–H and O–H groups in total. The minimum Gasteiger partial charge on any atom is -0.356 e. The molecule has 2 rings (SSSR count). The van der Waals surface area contributed by atoms with Crippen molar-refractivity contribution in [3.63, 3.8) is 0 Å². The highest BCUT2D eigenvalue weighted by atomic mass is 16.1. The summed E-state index contributed by atoms with van der Waals surface area (Å²) in [6, 6.07) is 0. The highest BCUT2D eigenvalue weighted by molar-refractivity contribution is 5.76. The van der Waals surface area contributed by atoms with Crippen molar-refractivity contribution in [1.29, 1.82) is 0 Å². The minimum atomic E-state index is 0.107. The molecule has 0 aliphatic rings. The molecular weight excluding hydrogens is 290 g/mol. The van der Waals surface area contributed by atoms with Crippen molar-refractivity contribution in [3.05, 3.63) is 22.8 Å². The van der Waals surface area contributed by atoms with E-state index in [1.807, 2.05) is 20.8 Å². The van der Waals surface area contributed by atoms with Crippen molar-refractivity contribution in [1.82, 2.24) is 24.9 Å². The number of carbonyl (C=O) groups excluding carboxylic acids is 1. The lowest BCUT2D eigenvalue weighted by Crippen LogP contribution is -2.25. The van der Waals surface area contributed by atoms with Crippen LogP contribution in [0.25, 0.3) is 5.78 Å². The first kappa shape index (κ1) is 17.4. The first-order valence-electron chi connectivity index (χ1n) is 8.49. The normalized spacial score (nSPS) is 11.1. The zero-order chi connectivity index (χ0) is 16.8. The molecule has 2 heterocycles. The molecule has 0 aliphatic carbocycles. The number of hydrogen-bond donors (Lipinski definition) is 1. The number of nitrogens with zero attached hydrogens (tertiary/aromatic N) is 4. The van der Waals surface area contributed by atoms with Gasteiger partial charge in [0.2, 0.25) is 5.91 Å². The van der Waals surface area contributed by atoms with Gasteiger partial charge in [0.1, 0.15) is 5.82 Å². The van der Waals surface area contributed by atoms with Gasteiger partial charge in [-0.05, 0) is 39.2 Å². The van der Waals surface area contributed by atoms with Crippen molar-refractivity contribution in [3.8, 4) is 0 Å². The van der Waals surface area contributed by atoms with Gasteiger partial charge in [-0.25, -0.2) is 9.50 Å². The molecule has 0 saturated heterocycles. The Morgan fingerprint density at radius 2 is 1.91 bits per heavy atom. The van der Waals surface area contributed by atoms with Crippen LogP contribution in [0.5, 0.6) is 0 Å². The van der Waals surface area contributed by atoms with E-state index in [0.29, 0.717) is 24.4 Å². The van der Waals surface area contributed by atoms with Crippen molar-refractivity contribution < 1.29 is 4.79 Å². The summed E-state index contributed by atoms with van der Waals surface area (Å²) in [7, 11) is 0. The second-order valence-corrected chi connectivity index (χ2v) is 6.04. The molecule has 0 aliphatic heterocycles. The Bertz CT molecular complexity index is 677. The maximum Gasteiger partial charge on any atom is 0.252 e. The van der Waals surface area contributed by atoms with Crippen LogP contribution >= 0.6 is 0 Å². The molecular formula is C17H27N5O. The number of aromatic nitrogens is 4. The maximum atomic E-state index is 12.0. The molecule has 23 heavy (non-hydrogen) atoms. The Kier molecular flexibility index (Phi) is 6.07. The molecule has 0 atom stereocenters. The average molecular weight is 317 g/mol. The Labute approximate surface area is 137 Å². The molecule has 6 nitrogen and oxygen atoms in total. The van der Waals surface area contributed by atoms with Crippen LogP contribution in [0.1, 0.15) is 61.8 Å². The van der Waals surface area contributed by atoms with Gasteiger partial charge in [-0.15, -0.1) is 0 Å². The first-order valence-corrected chi connectivity index (χ1v) is 8.49.